The van der Waals surface area contributed by atoms with Gasteiger partial charge in [-0.3, -0.25) is 14.4 Å². The smallest absolute Gasteiger partial charge is 0.390 e. The average Bonchev–Trinajstić information content (AvgIpc) is 3.34. The number of amides is 1. The number of nitrogens with one attached hydrogen (secondary N) is 1. The molecule has 10 nitrogen and oxygen atoms in total. The van der Waals surface area contributed by atoms with Gasteiger partial charge in [0.1, 0.15) is 0 Å². The lowest BCUT2D eigenvalue weighted by molar-refractivity contribution is -0.139. The highest BCUT2D eigenvalue weighted by Gasteiger charge is 2.37. The van der Waals surface area contributed by atoms with Gasteiger partial charge in [-0.05, 0) is 37.9 Å². The Labute approximate surface area is 282 Å². The summed E-state index contributed by atoms with van der Waals surface area (Å²) in [5.74, 6) is -2.72. The van der Waals surface area contributed by atoms with Crippen molar-refractivity contribution in [2.24, 2.45) is 0 Å². The van der Waals surface area contributed by atoms with Gasteiger partial charge in [0.25, 0.3) is 5.92 Å². The Morgan fingerprint density at radius 3 is 2.52 bits per heavy atom. The third kappa shape index (κ3) is 9.47. The topological polar surface area (TPSA) is 111 Å². The quantitative estimate of drug-likeness (QED) is 0.267. The number of hydrogen-bond acceptors (Lipinski definition) is 8. The van der Waals surface area contributed by atoms with Crippen molar-refractivity contribution in [3.05, 3.63) is 35.0 Å². The first-order chi connectivity index (χ1) is 22.5. The van der Waals surface area contributed by atoms with Gasteiger partial charge in [-0.15, -0.1) is 11.8 Å². The van der Waals surface area contributed by atoms with Crippen LogP contribution in [-0.2, 0) is 40.5 Å². The molecule has 1 amide bonds. The fourth-order valence-corrected chi connectivity index (χ4v) is 8.69. The molecule has 2 N–H and O–H groups in total. The molecule has 0 saturated carbocycles. The maximum absolute atomic E-state index is 14.1. The standard InChI is InChI=1S/C31H43F5N6O4S2/c1-21(43)37-23-6-11-39(12-7-23)17-24(44)18-42-27-8-13-41(48(2,45)46)19-25(27)29(38-42)22-4-5-26(31(34,35)36)28(16-22)47-15-14-40-10-3-9-30(32,33)20-40/h4-5,16,23-24,44H,3,6-15,17-20H2,1-2H3,(H,37,43). The number of carbonyl (C=O) groups excluding carboxylic acids is 1. The molecular formula is C31H43F5N6O4S2. The molecule has 0 radical (unpaired) electrons. The molecule has 0 spiro atoms. The Kier molecular flexibility index (Phi) is 11.5. The van der Waals surface area contributed by atoms with Crippen LogP contribution in [0.5, 0.6) is 0 Å². The number of alkyl halides is 5. The molecule has 0 bridgehead atoms. The second kappa shape index (κ2) is 14.9. The van der Waals surface area contributed by atoms with Crippen LogP contribution >= 0.6 is 11.8 Å². The van der Waals surface area contributed by atoms with Crippen LogP contribution in [0.3, 0.4) is 0 Å². The van der Waals surface area contributed by atoms with E-state index in [4.69, 9.17) is 5.10 Å². The molecule has 2 fully saturated rings. The fraction of sp³-hybridized carbons (Fsp3) is 0.677. The van der Waals surface area contributed by atoms with Crippen molar-refractivity contribution in [1.82, 2.24) is 29.2 Å². The van der Waals surface area contributed by atoms with Crippen molar-refractivity contribution < 1.29 is 40.3 Å². The number of fused-ring (bicyclic) bond motifs is 1. The number of aliphatic hydroxyl groups excluding tert-OH is 1. The van der Waals surface area contributed by atoms with Crippen molar-refractivity contribution in [3.8, 4) is 11.3 Å². The minimum Gasteiger partial charge on any atom is -0.390 e. The molecule has 48 heavy (non-hydrogen) atoms. The van der Waals surface area contributed by atoms with Crippen LogP contribution in [0.1, 0.15) is 49.4 Å². The van der Waals surface area contributed by atoms with Gasteiger partial charge in [0.05, 0.1) is 36.7 Å². The maximum Gasteiger partial charge on any atom is 0.417 e. The highest BCUT2D eigenvalue weighted by Crippen LogP contribution is 2.40. The first-order valence-electron chi connectivity index (χ1n) is 16.1. The third-order valence-corrected chi connectivity index (χ3v) is 11.4. The number of β-amino-alcohol motifs (C(OH)–C–C–N with tert-alkyl or cyclic N) is 1. The molecule has 4 heterocycles. The van der Waals surface area contributed by atoms with Gasteiger partial charge in [-0.25, -0.2) is 17.2 Å². The van der Waals surface area contributed by atoms with Crippen LogP contribution in [-0.4, -0.2) is 119 Å². The molecule has 268 valence electrons. The highest BCUT2D eigenvalue weighted by atomic mass is 32.2. The number of hydrogen-bond donors (Lipinski definition) is 2. The highest BCUT2D eigenvalue weighted by molar-refractivity contribution is 7.99. The number of piperidine rings is 2. The van der Waals surface area contributed by atoms with Crippen LogP contribution in [0.25, 0.3) is 11.3 Å². The summed E-state index contributed by atoms with van der Waals surface area (Å²) in [5.41, 5.74) is 1.15. The van der Waals surface area contributed by atoms with E-state index in [1.165, 1.54) is 23.4 Å². The zero-order valence-electron chi connectivity index (χ0n) is 27.1. The summed E-state index contributed by atoms with van der Waals surface area (Å²) < 4.78 is 97.9. The minimum atomic E-state index is -4.65. The summed E-state index contributed by atoms with van der Waals surface area (Å²) >= 11 is 0.943. The first-order valence-corrected chi connectivity index (χ1v) is 19.0. The van der Waals surface area contributed by atoms with Crippen molar-refractivity contribution in [2.45, 2.75) is 81.3 Å². The van der Waals surface area contributed by atoms with Gasteiger partial charge < -0.3 is 15.3 Å². The number of sulfonamides is 1. The average molecular weight is 723 g/mol. The Morgan fingerprint density at radius 1 is 1.15 bits per heavy atom. The zero-order chi connectivity index (χ0) is 34.9. The Hall–Kier alpha value is -2.31. The monoisotopic (exact) mass is 722 g/mol. The van der Waals surface area contributed by atoms with Crippen LogP contribution < -0.4 is 5.32 Å². The Morgan fingerprint density at radius 2 is 1.88 bits per heavy atom. The van der Waals surface area contributed by atoms with Crippen molar-refractivity contribution >= 4 is 27.7 Å². The van der Waals surface area contributed by atoms with E-state index in [2.05, 4.69) is 10.2 Å². The molecule has 1 aromatic heterocycles. The molecule has 5 rings (SSSR count). The summed E-state index contributed by atoms with van der Waals surface area (Å²) in [6, 6.07) is 3.78. The van der Waals surface area contributed by atoms with E-state index in [9.17, 15) is 40.3 Å². The number of aromatic nitrogens is 2. The lowest BCUT2D eigenvalue weighted by Crippen LogP contribution is -2.46. The van der Waals surface area contributed by atoms with Gasteiger partial charge >= 0.3 is 6.18 Å². The summed E-state index contributed by atoms with van der Waals surface area (Å²) in [4.78, 5) is 15.0. The summed E-state index contributed by atoms with van der Waals surface area (Å²) in [7, 11) is -3.57. The molecule has 0 aliphatic carbocycles. The largest absolute Gasteiger partial charge is 0.417 e. The van der Waals surface area contributed by atoms with E-state index in [0.29, 0.717) is 61.5 Å². The molecule has 1 aromatic carbocycles. The van der Waals surface area contributed by atoms with Gasteiger partial charge in [0.15, 0.2) is 0 Å². The third-order valence-electron chi connectivity index (χ3n) is 9.11. The van der Waals surface area contributed by atoms with Crippen molar-refractivity contribution in [2.75, 3.05) is 57.8 Å². The van der Waals surface area contributed by atoms with Crippen LogP contribution in [0.2, 0.25) is 0 Å². The van der Waals surface area contributed by atoms with E-state index >= 15 is 0 Å². The summed E-state index contributed by atoms with van der Waals surface area (Å²) in [6.45, 7) is 3.78. The molecule has 2 aromatic rings. The van der Waals surface area contributed by atoms with E-state index in [1.807, 2.05) is 0 Å². The lowest BCUT2D eigenvalue weighted by Gasteiger charge is -2.33. The molecule has 3 aliphatic heterocycles. The van der Waals surface area contributed by atoms with E-state index in [-0.39, 0.29) is 55.2 Å². The van der Waals surface area contributed by atoms with E-state index in [0.717, 1.165) is 36.9 Å². The van der Waals surface area contributed by atoms with Gasteiger partial charge in [0.2, 0.25) is 15.9 Å². The second-order valence-electron chi connectivity index (χ2n) is 13.0. The number of aliphatic hydroxyl groups is 1. The fourth-order valence-electron chi connectivity index (χ4n) is 6.78. The molecule has 1 unspecified atom stereocenters. The van der Waals surface area contributed by atoms with Crippen LogP contribution in [0.4, 0.5) is 22.0 Å². The van der Waals surface area contributed by atoms with E-state index in [1.54, 1.807) is 9.58 Å². The number of carbonyl (C=O) groups is 1. The summed E-state index contributed by atoms with van der Waals surface area (Å²) in [5, 5.41) is 18.7. The Bertz CT molecular complexity index is 1560. The van der Waals surface area contributed by atoms with Crippen LogP contribution in [0.15, 0.2) is 23.1 Å². The van der Waals surface area contributed by atoms with Crippen molar-refractivity contribution in [3.63, 3.8) is 0 Å². The zero-order valence-corrected chi connectivity index (χ0v) is 28.7. The first kappa shape index (κ1) is 37.0. The van der Waals surface area contributed by atoms with E-state index < -0.39 is 40.3 Å². The normalized spacial score (nSPS) is 20.8. The number of likely N-dealkylation sites (tertiary alicyclic amines) is 2. The van der Waals surface area contributed by atoms with Gasteiger partial charge in [-0.2, -0.15) is 22.6 Å². The number of benzene rings is 1. The second-order valence-corrected chi connectivity index (χ2v) is 16.1. The number of halogens is 5. The predicted octanol–water partition coefficient (Wildman–Crippen LogP) is 3.67. The lowest BCUT2D eigenvalue weighted by atomic mass is 10.0. The Balaban J connectivity index is 1.37. The number of nitrogens with zero attached hydrogens (tertiary/aromatic N) is 5. The van der Waals surface area contributed by atoms with Gasteiger partial charge in [-0.1, -0.05) is 6.07 Å². The van der Waals surface area contributed by atoms with Gasteiger partial charge in [0, 0.05) is 92.5 Å². The predicted molar refractivity (Wildman–Crippen MR) is 172 cm³/mol. The SMILES string of the molecule is CC(=O)NC1CCN(CC(O)Cn2nc(-c3ccc(C(F)(F)F)c(SCCN4CCCC(F)(F)C4)c3)c3c2CCN(S(C)(=O)=O)C3)CC1. The minimum absolute atomic E-state index is 0.0110. The molecule has 17 heteroatoms. The molecular weight excluding hydrogens is 680 g/mol. The number of thioether (sulfide) groups is 1. The maximum atomic E-state index is 14.1. The molecule has 3 aliphatic rings. The van der Waals surface area contributed by atoms with Crippen molar-refractivity contribution in [1.29, 1.82) is 0 Å². The molecule has 1 atom stereocenters. The summed E-state index contributed by atoms with van der Waals surface area (Å²) in [6.07, 6.45) is -2.41. The number of rotatable bonds is 11. The molecule has 2 saturated heterocycles. The van der Waals surface area contributed by atoms with Crippen LogP contribution in [0, 0.1) is 0 Å².